The van der Waals surface area contributed by atoms with E-state index in [1.165, 1.54) is 12.8 Å². The van der Waals surface area contributed by atoms with Crippen molar-refractivity contribution < 1.29 is 9.90 Å². The van der Waals surface area contributed by atoms with Crippen LogP contribution in [0, 0.1) is 0 Å². The molecule has 1 saturated heterocycles. The number of aromatic nitrogens is 4. The van der Waals surface area contributed by atoms with E-state index in [0.29, 0.717) is 19.0 Å². The Kier molecular flexibility index (Phi) is 3.64. The molecule has 3 heterocycles. The van der Waals surface area contributed by atoms with Crippen LogP contribution in [-0.2, 0) is 4.79 Å². The van der Waals surface area contributed by atoms with Crippen LogP contribution in [-0.4, -0.2) is 56.3 Å². The number of nitrogens with zero attached hydrogens (tertiary/aromatic N) is 5. The van der Waals surface area contributed by atoms with Gasteiger partial charge in [0.05, 0.1) is 18.3 Å². The third kappa shape index (κ3) is 2.71. The predicted octanol–water partition coefficient (Wildman–Crippen LogP) is 0.629. The maximum absolute atomic E-state index is 11.7. The first kappa shape index (κ1) is 15.3. The van der Waals surface area contributed by atoms with Crippen molar-refractivity contribution in [2.24, 2.45) is 0 Å². The number of imidazole rings is 1. The lowest BCUT2D eigenvalue weighted by Gasteiger charge is -2.39. The van der Waals surface area contributed by atoms with Crippen molar-refractivity contribution in [3.05, 3.63) is 12.7 Å². The monoisotopic (exact) mass is 330 g/mol. The smallest absolute Gasteiger partial charge is 0.222 e. The molecule has 2 aromatic rings. The molecule has 1 atom stereocenters. The Morgan fingerprint density at radius 3 is 3.00 bits per heavy atom. The summed E-state index contributed by atoms with van der Waals surface area (Å²) in [6, 6.07) is 0.504. The maximum Gasteiger partial charge on any atom is 0.222 e. The van der Waals surface area contributed by atoms with Crippen LogP contribution in [0.2, 0.25) is 0 Å². The molecule has 2 aromatic heterocycles. The summed E-state index contributed by atoms with van der Waals surface area (Å²) < 4.78 is 2.11. The summed E-state index contributed by atoms with van der Waals surface area (Å²) in [6.45, 7) is 1.17. The average molecular weight is 330 g/mol. The fraction of sp³-hybridized carbons (Fsp3) is 0.625. The Hall–Kier alpha value is -2.22. The van der Waals surface area contributed by atoms with Gasteiger partial charge in [0.25, 0.3) is 0 Å². The highest BCUT2D eigenvalue weighted by Gasteiger charge is 2.36. The van der Waals surface area contributed by atoms with Gasteiger partial charge in [-0.15, -0.1) is 0 Å². The molecule has 2 aliphatic rings. The first-order valence-electron chi connectivity index (χ1n) is 8.45. The molecule has 2 fully saturated rings. The van der Waals surface area contributed by atoms with Gasteiger partial charge < -0.3 is 19.9 Å². The van der Waals surface area contributed by atoms with Gasteiger partial charge in [0.2, 0.25) is 5.91 Å². The molecular formula is C16H22N6O2. The molecule has 4 rings (SSSR count). The van der Waals surface area contributed by atoms with Gasteiger partial charge >= 0.3 is 0 Å². The van der Waals surface area contributed by atoms with Crippen LogP contribution in [0.3, 0.4) is 0 Å². The van der Waals surface area contributed by atoms with Crippen LogP contribution in [0.25, 0.3) is 11.2 Å². The summed E-state index contributed by atoms with van der Waals surface area (Å²) in [6.07, 6.45) is 7.25. The Bertz CT molecular complexity index is 771. The fourth-order valence-electron chi connectivity index (χ4n) is 3.52. The molecule has 1 unspecified atom stereocenters. The molecule has 0 bridgehead atoms. The van der Waals surface area contributed by atoms with Crippen molar-refractivity contribution in [2.45, 2.75) is 43.7 Å². The van der Waals surface area contributed by atoms with Crippen molar-refractivity contribution in [1.29, 1.82) is 0 Å². The molecule has 1 aliphatic carbocycles. The number of aliphatic hydroxyl groups is 1. The Morgan fingerprint density at radius 2 is 2.25 bits per heavy atom. The lowest BCUT2D eigenvalue weighted by Crippen LogP contribution is -2.50. The van der Waals surface area contributed by atoms with Crippen molar-refractivity contribution in [3.63, 3.8) is 0 Å². The predicted molar refractivity (Wildman–Crippen MR) is 88.7 cm³/mol. The molecule has 1 aliphatic heterocycles. The highest BCUT2D eigenvalue weighted by molar-refractivity contribution is 5.83. The highest BCUT2D eigenvalue weighted by Crippen LogP contribution is 2.38. The minimum absolute atomic E-state index is 0.102. The van der Waals surface area contributed by atoms with Gasteiger partial charge in [0.15, 0.2) is 17.0 Å². The molecule has 8 heteroatoms. The highest BCUT2D eigenvalue weighted by atomic mass is 16.3. The first-order chi connectivity index (χ1) is 11.6. The largest absolute Gasteiger partial charge is 0.388 e. The zero-order chi connectivity index (χ0) is 16.7. The number of carbonyl (C=O) groups is 1. The van der Waals surface area contributed by atoms with Gasteiger partial charge in [-0.1, -0.05) is 0 Å². The summed E-state index contributed by atoms with van der Waals surface area (Å²) >= 11 is 0. The van der Waals surface area contributed by atoms with E-state index < -0.39 is 5.60 Å². The lowest BCUT2D eigenvalue weighted by molar-refractivity contribution is -0.125. The number of piperidine rings is 1. The summed E-state index contributed by atoms with van der Waals surface area (Å²) in [7, 11) is 1.59. The summed E-state index contributed by atoms with van der Waals surface area (Å²) in [5.74, 6) is 0.597. The van der Waals surface area contributed by atoms with Crippen molar-refractivity contribution in [3.8, 4) is 0 Å². The molecule has 24 heavy (non-hydrogen) atoms. The number of rotatable bonds is 4. The van der Waals surface area contributed by atoms with Gasteiger partial charge in [-0.3, -0.25) is 4.79 Å². The van der Waals surface area contributed by atoms with E-state index >= 15 is 0 Å². The fourth-order valence-corrected chi connectivity index (χ4v) is 3.52. The molecule has 1 saturated carbocycles. The Balaban J connectivity index is 1.63. The molecule has 0 aromatic carbocycles. The van der Waals surface area contributed by atoms with E-state index in [9.17, 15) is 9.90 Å². The van der Waals surface area contributed by atoms with Crippen molar-refractivity contribution >= 4 is 22.9 Å². The van der Waals surface area contributed by atoms with E-state index in [-0.39, 0.29) is 12.3 Å². The molecule has 128 valence electrons. The van der Waals surface area contributed by atoms with Crippen LogP contribution in [0.5, 0.6) is 0 Å². The molecule has 0 spiro atoms. The van der Waals surface area contributed by atoms with Crippen LogP contribution in [0.4, 0.5) is 5.82 Å². The van der Waals surface area contributed by atoms with E-state index in [4.69, 9.17) is 0 Å². The van der Waals surface area contributed by atoms with E-state index in [0.717, 1.165) is 29.9 Å². The topological polar surface area (TPSA) is 96.2 Å². The zero-order valence-corrected chi connectivity index (χ0v) is 13.8. The number of hydrogen-bond donors (Lipinski definition) is 2. The van der Waals surface area contributed by atoms with Crippen molar-refractivity contribution in [2.75, 3.05) is 25.0 Å². The number of β-amino-alcohol motifs (C(OH)–C–C–N with tert-alkyl or cyclic N) is 1. The second-order valence-electron chi connectivity index (χ2n) is 6.85. The Morgan fingerprint density at radius 1 is 1.42 bits per heavy atom. The maximum atomic E-state index is 11.7. The van der Waals surface area contributed by atoms with Gasteiger partial charge in [0, 0.05) is 26.2 Å². The normalized spacial score (nSPS) is 24.3. The van der Waals surface area contributed by atoms with Gasteiger partial charge in [-0.05, 0) is 25.7 Å². The van der Waals surface area contributed by atoms with Crippen molar-refractivity contribution in [1.82, 2.24) is 24.8 Å². The summed E-state index contributed by atoms with van der Waals surface area (Å²) in [5.41, 5.74) is 0.589. The quantitative estimate of drug-likeness (QED) is 0.853. The molecule has 0 radical (unpaired) electrons. The molecule has 2 N–H and O–H groups in total. The third-order valence-corrected chi connectivity index (χ3v) is 4.90. The number of hydrogen-bond acceptors (Lipinski definition) is 6. The second kappa shape index (κ2) is 5.70. The number of nitrogens with one attached hydrogen (secondary N) is 1. The van der Waals surface area contributed by atoms with Gasteiger partial charge in [-0.2, -0.15) is 0 Å². The number of fused-ring (bicyclic) bond motifs is 1. The average Bonchev–Trinajstić information content (AvgIpc) is 3.32. The van der Waals surface area contributed by atoms with Crippen LogP contribution in [0.15, 0.2) is 12.7 Å². The van der Waals surface area contributed by atoms with E-state index in [1.54, 1.807) is 13.4 Å². The minimum Gasteiger partial charge on any atom is -0.388 e. The first-order valence-corrected chi connectivity index (χ1v) is 8.45. The standard InChI is InChI=1S/C16H22N6O2/c1-17-12(23)7-16(24)5-2-6-21(8-16)14-13-15(19-9-18-14)22(10-20-13)11-3-4-11/h9-11,24H,2-8H2,1H3,(H,17,23). The van der Waals surface area contributed by atoms with Gasteiger partial charge in [0.1, 0.15) is 6.33 Å². The Labute approximate surface area is 139 Å². The molecule has 8 nitrogen and oxygen atoms in total. The third-order valence-electron chi connectivity index (χ3n) is 4.90. The summed E-state index contributed by atoms with van der Waals surface area (Å²) in [5, 5.41) is 13.4. The number of amides is 1. The second-order valence-corrected chi connectivity index (χ2v) is 6.85. The zero-order valence-electron chi connectivity index (χ0n) is 13.8. The van der Waals surface area contributed by atoms with Gasteiger partial charge in [-0.25, -0.2) is 15.0 Å². The van der Waals surface area contributed by atoms with E-state index in [2.05, 4.69) is 24.8 Å². The van der Waals surface area contributed by atoms with Crippen LogP contribution in [0.1, 0.15) is 38.1 Å². The van der Waals surface area contributed by atoms with Crippen LogP contribution < -0.4 is 10.2 Å². The lowest BCUT2D eigenvalue weighted by atomic mass is 9.89. The summed E-state index contributed by atoms with van der Waals surface area (Å²) in [4.78, 5) is 27.0. The minimum atomic E-state index is -1.03. The number of carbonyl (C=O) groups excluding carboxylic acids is 1. The van der Waals surface area contributed by atoms with E-state index in [1.807, 2.05) is 11.2 Å². The van der Waals surface area contributed by atoms with Crippen LogP contribution >= 0.6 is 0 Å². The number of anilines is 1. The SMILES string of the molecule is CNC(=O)CC1(O)CCCN(c2ncnc3c2ncn3C2CC2)C1. The molecular weight excluding hydrogens is 308 g/mol. The molecule has 1 amide bonds.